The molecule has 2 aromatic heterocycles. The number of hydrogen-bond donors (Lipinski definition) is 0. The molecular weight excluding hydrogens is 456 g/mol. The van der Waals surface area contributed by atoms with Crippen molar-refractivity contribution < 1.29 is 18.7 Å². The summed E-state index contributed by atoms with van der Waals surface area (Å²) in [7, 11) is 1.62. The number of amides is 1. The largest absolute Gasteiger partial charge is 0.497 e. The Morgan fingerprint density at radius 2 is 2.03 bits per heavy atom. The maximum atomic E-state index is 13.5. The topological polar surface area (TPSA) is 90.0 Å². The number of morpholine rings is 1. The first kappa shape index (κ1) is 22.6. The minimum absolute atomic E-state index is 0.118. The van der Waals surface area contributed by atoms with Gasteiger partial charge < -0.3 is 13.9 Å². The van der Waals surface area contributed by atoms with Crippen molar-refractivity contribution in [1.82, 2.24) is 14.5 Å². The number of oxazole rings is 1. The van der Waals surface area contributed by atoms with Gasteiger partial charge in [-0.1, -0.05) is 23.5 Å². The Morgan fingerprint density at radius 1 is 1.21 bits per heavy atom. The molecule has 1 aliphatic heterocycles. The van der Waals surface area contributed by atoms with Gasteiger partial charge in [0.05, 0.1) is 36.1 Å². The predicted molar refractivity (Wildman–Crippen MR) is 131 cm³/mol. The molecule has 34 heavy (non-hydrogen) atoms. The second kappa shape index (κ2) is 9.96. The summed E-state index contributed by atoms with van der Waals surface area (Å²) in [6.45, 7) is 4.50. The van der Waals surface area contributed by atoms with E-state index >= 15 is 0 Å². The number of fused-ring (bicyclic) bond motifs is 2. The lowest BCUT2D eigenvalue weighted by molar-refractivity contribution is -0.119. The summed E-state index contributed by atoms with van der Waals surface area (Å²) in [5, 5.41) is 0.607. The third kappa shape index (κ3) is 4.70. The minimum atomic E-state index is -0.545. The summed E-state index contributed by atoms with van der Waals surface area (Å²) in [5.74, 6) is -0.0113. The molecule has 0 bridgehead atoms. The van der Waals surface area contributed by atoms with Crippen molar-refractivity contribution in [3.63, 3.8) is 0 Å². The molecule has 5 rings (SSSR count). The van der Waals surface area contributed by atoms with Crippen LogP contribution in [-0.2, 0) is 16.1 Å². The van der Waals surface area contributed by atoms with Crippen molar-refractivity contribution in [3.8, 4) is 5.75 Å². The first-order valence-electron chi connectivity index (χ1n) is 11.3. The Balaban J connectivity index is 1.41. The fraction of sp³-hybridized carbons (Fsp3) is 0.375. The summed E-state index contributed by atoms with van der Waals surface area (Å²) >= 11 is 1.44. The van der Waals surface area contributed by atoms with E-state index < -0.39 is 5.76 Å². The number of anilines is 1. The van der Waals surface area contributed by atoms with Gasteiger partial charge in [-0.25, -0.2) is 9.78 Å². The number of thiazole rings is 1. The molecule has 0 atom stereocenters. The van der Waals surface area contributed by atoms with Crippen molar-refractivity contribution in [2.24, 2.45) is 0 Å². The van der Waals surface area contributed by atoms with E-state index in [2.05, 4.69) is 4.90 Å². The van der Waals surface area contributed by atoms with Crippen molar-refractivity contribution in [2.45, 2.75) is 13.0 Å². The van der Waals surface area contributed by atoms with Crippen LogP contribution < -0.4 is 15.4 Å². The maximum Gasteiger partial charge on any atom is 0.420 e. The number of aromatic nitrogens is 2. The van der Waals surface area contributed by atoms with Gasteiger partial charge in [0, 0.05) is 26.2 Å². The minimum Gasteiger partial charge on any atom is -0.497 e. The van der Waals surface area contributed by atoms with Crippen LogP contribution in [0.5, 0.6) is 5.75 Å². The fourth-order valence-electron chi connectivity index (χ4n) is 4.12. The molecule has 9 nitrogen and oxygen atoms in total. The smallest absolute Gasteiger partial charge is 0.420 e. The van der Waals surface area contributed by atoms with Gasteiger partial charge in [-0.3, -0.25) is 19.2 Å². The molecular formula is C24H26N4O5S. The average Bonchev–Trinajstić information content (AvgIpc) is 3.42. The van der Waals surface area contributed by atoms with Crippen LogP contribution in [0.25, 0.3) is 21.3 Å². The summed E-state index contributed by atoms with van der Waals surface area (Å²) < 4.78 is 18.4. The summed E-state index contributed by atoms with van der Waals surface area (Å²) in [5.41, 5.74) is 1.87. The number of para-hydroxylation sites is 2. The fourth-order valence-corrected chi connectivity index (χ4v) is 5.16. The quantitative estimate of drug-likeness (QED) is 0.381. The van der Waals surface area contributed by atoms with E-state index in [1.807, 2.05) is 24.3 Å². The molecule has 0 radical (unpaired) electrons. The summed E-state index contributed by atoms with van der Waals surface area (Å²) in [6.07, 6.45) is 0.784. The van der Waals surface area contributed by atoms with Gasteiger partial charge in [0.15, 0.2) is 10.7 Å². The Hall–Kier alpha value is -3.21. The van der Waals surface area contributed by atoms with Crippen molar-refractivity contribution in [2.75, 3.05) is 51.4 Å². The SMILES string of the molecule is COc1ccc2nc(N(CCCN3CCOCC3)C(=O)Cn3c(=O)oc4ccccc43)sc2c1. The number of rotatable bonds is 8. The molecule has 2 aromatic carbocycles. The molecule has 0 spiro atoms. The van der Waals surface area contributed by atoms with Crippen LogP contribution >= 0.6 is 11.3 Å². The Morgan fingerprint density at radius 3 is 2.85 bits per heavy atom. The molecule has 0 N–H and O–H groups in total. The van der Waals surface area contributed by atoms with Crippen molar-refractivity contribution >= 4 is 43.7 Å². The van der Waals surface area contributed by atoms with Gasteiger partial charge >= 0.3 is 5.76 Å². The lowest BCUT2D eigenvalue weighted by Gasteiger charge is -2.27. The Labute approximate surface area is 200 Å². The van der Waals surface area contributed by atoms with E-state index in [0.717, 1.165) is 55.2 Å². The van der Waals surface area contributed by atoms with Crippen LogP contribution in [-0.4, -0.2) is 66.9 Å². The van der Waals surface area contributed by atoms with Crippen LogP contribution in [0.15, 0.2) is 51.7 Å². The summed E-state index contributed by atoms with van der Waals surface area (Å²) in [6, 6.07) is 12.8. The van der Waals surface area contributed by atoms with Gasteiger partial charge in [-0.15, -0.1) is 0 Å². The maximum absolute atomic E-state index is 13.5. The molecule has 4 aromatic rings. The number of methoxy groups -OCH3 is 1. The zero-order valence-corrected chi connectivity index (χ0v) is 19.8. The standard InChI is InChI=1S/C24H26N4O5S/c1-31-17-7-8-18-21(15-17)34-23(25-18)27(10-4-9-26-11-13-32-14-12-26)22(29)16-28-19-5-2-3-6-20(19)33-24(28)30/h2-3,5-8,15H,4,9-14,16H2,1H3. The van der Waals surface area contributed by atoms with Crippen LogP contribution in [0.1, 0.15) is 6.42 Å². The highest BCUT2D eigenvalue weighted by molar-refractivity contribution is 7.22. The van der Waals surface area contributed by atoms with E-state index in [4.69, 9.17) is 18.9 Å². The molecule has 3 heterocycles. The monoisotopic (exact) mass is 482 g/mol. The molecule has 1 fully saturated rings. The zero-order valence-electron chi connectivity index (χ0n) is 18.9. The normalized spacial score (nSPS) is 14.6. The molecule has 0 unspecified atom stereocenters. The molecule has 10 heteroatoms. The third-order valence-corrected chi connectivity index (χ3v) is 6.98. The lowest BCUT2D eigenvalue weighted by atomic mass is 10.3. The third-order valence-electron chi connectivity index (χ3n) is 5.94. The van der Waals surface area contributed by atoms with Crippen LogP contribution in [0.3, 0.4) is 0 Å². The number of hydrogen-bond acceptors (Lipinski definition) is 8. The summed E-state index contributed by atoms with van der Waals surface area (Å²) in [4.78, 5) is 34.7. The molecule has 1 amide bonds. The van der Waals surface area contributed by atoms with Crippen LogP contribution in [0.2, 0.25) is 0 Å². The molecule has 178 valence electrons. The molecule has 0 saturated carbocycles. The highest BCUT2D eigenvalue weighted by atomic mass is 32.1. The van der Waals surface area contributed by atoms with Gasteiger partial charge in [0.2, 0.25) is 5.91 Å². The van der Waals surface area contributed by atoms with Gasteiger partial charge in [-0.2, -0.15) is 0 Å². The molecule has 1 aliphatic rings. The van der Waals surface area contributed by atoms with E-state index in [9.17, 15) is 9.59 Å². The molecule has 1 saturated heterocycles. The van der Waals surface area contributed by atoms with Gasteiger partial charge in [-0.05, 0) is 36.8 Å². The number of carbonyl (C=O) groups is 1. The number of benzene rings is 2. The highest BCUT2D eigenvalue weighted by Crippen LogP contribution is 2.32. The van der Waals surface area contributed by atoms with E-state index in [-0.39, 0.29) is 12.5 Å². The first-order chi connectivity index (χ1) is 16.6. The number of ether oxygens (including phenoxy) is 2. The van der Waals surface area contributed by atoms with E-state index in [1.54, 1.807) is 30.2 Å². The second-order valence-corrected chi connectivity index (χ2v) is 9.11. The second-order valence-electron chi connectivity index (χ2n) is 8.10. The Kier molecular flexibility index (Phi) is 6.61. The van der Waals surface area contributed by atoms with Crippen molar-refractivity contribution in [3.05, 3.63) is 53.0 Å². The molecule has 0 aliphatic carbocycles. The number of carbonyl (C=O) groups excluding carboxylic acids is 1. The van der Waals surface area contributed by atoms with Crippen LogP contribution in [0, 0.1) is 0 Å². The van der Waals surface area contributed by atoms with Gasteiger partial charge in [0.1, 0.15) is 12.3 Å². The lowest BCUT2D eigenvalue weighted by Crippen LogP contribution is -2.40. The van der Waals surface area contributed by atoms with E-state index in [0.29, 0.717) is 22.8 Å². The van der Waals surface area contributed by atoms with Gasteiger partial charge in [0.25, 0.3) is 0 Å². The van der Waals surface area contributed by atoms with Crippen LogP contribution in [0.4, 0.5) is 5.13 Å². The predicted octanol–water partition coefficient (Wildman–Crippen LogP) is 2.97. The Bertz CT molecular complexity index is 1350. The average molecular weight is 483 g/mol. The van der Waals surface area contributed by atoms with Crippen molar-refractivity contribution in [1.29, 1.82) is 0 Å². The van der Waals surface area contributed by atoms with E-state index in [1.165, 1.54) is 15.9 Å². The highest BCUT2D eigenvalue weighted by Gasteiger charge is 2.23. The first-order valence-corrected chi connectivity index (χ1v) is 12.1. The zero-order chi connectivity index (χ0) is 23.5. The number of nitrogens with zero attached hydrogens (tertiary/aromatic N) is 4.